The number of likely N-dealkylation sites (tertiary alicyclic amines) is 1. The molecule has 2 aromatic rings. The van der Waals surface area contributed by atoms with Gasteiger partial charge in [0.05, 0.1) is 21.4 Å². The van der Waals surface area contributed by atoms with Gasteiger partial charge in [-0.15, -0.1) is 0 Å². The van der Waals surface area contributed by atoms with Crippen molar-refractivity contribution in [1.82, 2.24) is 9.47 Å². The highest BCUT2D eigenvalue weighted by atomic mass is 35.5. The summed E-state index contributed by atoms with van der Waals surface area (Å²) in [5, 5.41) is 13.6. The van der Waals surface area contributed by atoms with E-state index in [9.17, 15) is 19.7 Å². The Morgan fingerprint density at radius 3 is 2.84 bits per heavy atom. The number of halogens is 1. The molecule has 8 nitrogen and oxygen atoms in total. The summed E-state index contributed by atoms with van der Waals surface area (Å²) in [6.07, 6.45) is 1.03. The number of amides is 1. The maximum atomic E-state index is 12.3. The van der Waals surface area contributed by atoms with E-state index in [0.717, 1.165) is 25.2 Å². The third-order valence-corrected chi connectivity index (χ3v) is 7.34. The molecule has 1 amide bonds. The highest BCUT2D eigenvalue weighted by molar-refractivity contribution is 8.23. The van der Waals surface area contributed by atoms with E-state index in [1.165, 1.54) is 30.0 Å². The summed E-state index contributed by atoms with van der Waals surface area (Å²) in [5.41, 5.74) is 1.27. The third-order valence-electron chi connectivity index (χ3n) is 5.50. The Kier molecular flexibility index (Phi) is 6.31. The van der Waals surface area contributed by atoms with Crippen LogP contribution in [0.2, 0.25) is 5.02 Å². The lowest BCUT2D eigenvalue weighted by molar-refractivity contribution is -0.384. The summed E-state index contributed by atoms with van der Waals surface area (Å²) in [5.74, 6) is 0.399. The zero-order valence-electron chi connectivity index (χ0n) is 16.3. The van der Waals surface area contributed by atoms with Crippen LogP contribution in [0.3, 0.4) is 0 Å². The van der Waals surface area contributed by atoms with Crippen molar-refractivity contribution in [2.24, 2.45) is 5.92 Å². The predicted octanol–water partition coefficient (Wildman–Crippen LogP) is 3.49. The van der Waals surface area contributed by atoms with Gasteiger partial charge >= 0.3 is 0 Å². The van der Waals surface area contributed by atoms with Crippen LogP contribution >= 0.6 is 35.6 Å². The number of thioether (sulfide) groups is 1. The summed E-state index contributed by atoms with van der Waals surface area (Å²) in [7, 11) is 0. The molecule has 1 saturated heterocycles. The van der Waals surface area contributed by atoms with Gasteiger partial charge in [0.1, 0.15) is 4.32 Å². The number of thiocarbonyl (C=S) groups is 1. The lowest BCUT2D eigenvalue weighted by Crippen LogP contribution is -2.48. The topological polar surface area (TPSA) is 97.5 Å². The molecule has 4 rings (SSSR count). The Bertz CT molecular complexity index is 1120. The first-order valence-electron chi connectivity index (χ1n) is 9.67. The van der Waals surface area contributed by atoms with Gasteiger partial charge in [-0.2, -0.15) is 0 Å². The number of pyridine rings is 1. The van der Waals surface area contributed by atoms with Gasteiger partial charge in [0, 0.05) is 49.4 Å². The van der Waals surface area contributed by atoms with Crippen LogP contribution < -0.4 is 10.9 Å². The largest absolute Gasteiger partial charge is 0.356 e. The zero-order chi connectivity index (χ0) is 22.1. The molecular formula is C20H19ClN4O4S2. The third kappa shape index (κ3) is 4.76. The highest BCUT2D eigenvalue weighted by Crippen LogP contribution is 2.36. The second-order valence-electron chi connectivity index (χ2n) is 7.63. The SMILES string of the molecule is O=C(CSC(=S)N1CC2CC(C1)c1cccc(=O)n1C2)Nc1ccc([N+](=O)[O-])cc1Cl. The minimum absolute atomic E-state index is 0.0409. The molecule has 0 saturated carbocycles. The lowest BCUT2D eigenvalue weighted by atomic mass is 9.83. The fourth-order valence-electron chi connectivity index (χ4n) is 4.17. The van der Waals surface area contributed by atoms with Crippen molar-refractivity contribution in [3.8, 4) is 0 Å². The number of nitrogens with zero attached hydrogens (tertiary/aromatic N) is 3. The molecule has 31 heavy (non-hydrogen) atoms. The minimum atomic E-state index is -0.547. The summed E-state index contributed by atoms with van der Waals surface area (Å²) in [6.45, 7) is 2.18. The molecule has 2 bridgehead atoms. The number of nitro groups is 1. The number of aromatic nitrogens is 1. The number of fused-ring (bicyclic) bond motifs is 4. The van der Waals surface area contributed by atoms with Crippen molar-refractivity contribution in [3.63, 3.8) is 0 Å². The van der Waals surface area contributed by atoms with Crippen LogP contribution in [0, 0.1) is 16.0 Å². The Morgan fingerprint density at radius 2 is 2.10 bits per heavy atom. The standard InChI is InChI=1S/C20H19ClN4O4S2/c21-15-7-14(25(28)29)4-5-16(15)22-18(26)11-31-20(30)23-8-12-6-13(10-23)17-2-1-3-19(27)24(17)9-12/h1-5,7,12-13H,6,8-11H2,(H,22,26). The lowest BCUT2D eigenvalue weighted by Gasteiger charge is -2.43. The first kappa shape index (κ1) is 21.8. The second-order valence-corrected chi connectivity index (χ2v) is 9.64. The number of anilines is 1. The summed E-state index contributed by atoms with van der Waals surface area (Å²) >= 11 is 12.9. The van der Waals surface area contributed by atoms with Gasteiger partial charge in [0.2, 0.25) is 5.91 Å². The van der Waals surface area contributed by atoms with Crippen LogP contribution in [-0.4, -0.2) is 43.5 Å². The van der Waals surface area contributed by atoms with Crippen LogP contribution in [0.5, 0.6) is 0 Å². The summed E-state index contributed by atoms with van der Waals surface area (Å²) in [4.78, 5) is 36.8. The van der Waals surface area contributed by atoms with Gasteiger partial charge in [-0.25, -0.2) is 0 Å². The van der Waals surface area contributed by atoms with Crippen molar-refractivity contribution < 1.29 is 9.72 Å². The average molecular weight is 479 g/mol. The number of hydrogen-bond acceptors (Lipinski definition) is 6. The minimum Gasteiger partial charge on any atom is -0.356 e. The van der Waals surface area contributed by atoms with E-state index in [-0.39, 0.29) is 33.8 Å². The molecule has 2 unspecified atom stereocenters. The van der Waals surface area contributed by atoms with E-state index in [0.29, 0.717) is 22.5 Å². The Balaban J connectivity index is 1.34. The summed E-state index contributed by atoms with van der Waals surface area (Å²) in [6, 6.07) is 9.29. The van der Waals surface area contributed by atoms with Crippen LogP contribution in [0.4, 0.5) is 11.4 Å². The molecule has 0 aliphatic carbocycles. The Morgan fingerprint density at radius 1 is 1.29 bits per heavy atom. The zero-order valence-corrected chi connectivity index (χ0v) is 18.7. The predicted molar refractivity (Wildman–Crippen MR) is 125 cm³/mol. The van der Waals surface area contributed by atoms with E-state index < -0.39 is 4.92 Å². The molecule has 1 aromatic carbocycles. The number of rotatable bonds is 4. The maximum Gasteiger partial charge on any atom is 0.271 e. The van der Waals surface area contributed by atoms with E-state index in [4.69, 9.17) is 23.8 Å². The molecule has 2 aliphatic heterocycles. The average Bonchev–Trinajstić information content (AvgIpc) is 2.74. The monoisotopic (exact) mass is 478 g/mol. The van der Waals surface area contributed by atoms with Crippen LogP contribution in [0.15, 0.2) is 41.2 Å². The number of non-ortho nitro benzene ring substituents is 1. The molecule has 2 atom stereocenters. The van der Waals surface area contributed by atoms with E-state index in [1.807, 2.05) is 10.6 Å². The fourth-order valence-corrected chi connectivity index (χ4v) is 5.38. The molecule has 162 valence electrons. The number of nitro benzene ring substituents is 1. The van der Waals surface area contributed by atoms with E-state index in [1.54, 1.807) is 12.1 Å². The molecule has 0 radical (unpaired) electrons. The fraction of sp³-hybridized carbons (Fsp3) is 0.350. The number of hydrogen-bond donors (Lipinski definition) is 1. The molecule has 1 N–H and O–H groups in total. The van der Waals surface area contributed by atoms with Crippen LogP contribution in [0.25, 0.3) is 0 Å². The highest BCUT2D eigenvalue weighted by Gasteiger charge is 2.35. The molecular weight excluding hydrogens is 460 g/mol. The van der Waals surface area contributed by atoms with E-state index >= 15 is 0 Å². The number of carbonyl (C=O) groups excluding carboxylic acids is 1. The number of piperidine rings is 1. The van der Waals surface area contributed by atoms with Gasteiger partial charge in [-0.05, 0) is 24.5 Å². The number of carbonyl (C=O) groups is 1. The van der Waals surface area contributed by atoms with Crippen LogP contribution in [0.1, 0.15) is 18.0 Å². The van der Waals surface area contributed by atoms with Gasteiger partial charge in [-0.3, -0.25) is 19.7 Å². The quantitative estimate of drug-likeness (QED) is 0.408. The van der Waals surface area contributed by atoms with Crippen molar-refractivity contribution >= 4 is 57.2 Å². The molecule has 2 aliphatic rings. The Hall–Kier alpha value is -2.43. The van der Waals surface area contributed by atoms with Crippen molar-refractivity contribution in [3.05, 3.63) is 67.6 Å². The molecule has 3 heterocycles. The first-order chi connectivity index (χ1) is 14.8. The molecule has 11 heteroatoms. The molecule has 0 spiro atoms. The van der Waals surface area contributed by atoms with Gasteiger partial charge in [-0.1, -0.05) is 41.6 Å². The van der Waals surface area contributed by atoms with E-state index in [2.05, 4.69) is 10.2 Å². The van der Waals surface area contributed by atoms with Gasteiger partial charge in [0.15, 0.2) is 0 Å². The Labute approximate surface area is 192 Å². The van der Waals surface area contributed by atoms with Crippen molar-refractivity contribution in [2.45, 2.75) is 18.9 Å². The van der Waals surface area contributed by atoms with Gasteiger partial charge < -0.3 is 14.8 Å². The number of nitrogens with one attached hydrogen (secondary N) is 1. The second kappa shape index (κ2) is 8.97. The molecule has 1 fully saturated rings. The van der Waals surface area contributed by atoms with Crippen LogP contribution in [-0.2, 0) is 11.3 Å². The smallest absolute Gasteiger partial charge is 0.271 e. The van der Waals surface area contributed by atoms with Gasteiger partial charge in [0.25, 0.3) is 11.2 Å². The normalized spacial score (nSPS) is 19.5. The number of benzene rings is 1. The molecule has 1 aromatic heterocycles. The first-order valence-corrected chi connectivity index (χ1v) is 11.4. The maximum absolute atomic E-state index is 12.3. The van der Waals surface area contributed by atoms with Crippen molar-refractivity contribution in [2.75, 3.05) is 24.2 Å². The van der Waals surface area contributed by atoms with Crippen molar-refractivity contribution in [1.29, 1.82) is 0 Å². The summed E-state index contributed by atoms with van der Waals surface area (Å²) < 4.78 is 2.51.